The van der Waals surface area contributed by atoms with Gasteiger partial charge in [-0.2, -0.15) is 0 Å². The standard InChI is InChI=1S/C31H41N5O6/c1-15(2)23(26(38)16-9-10-16)34-30(42)35-24(19-11-17-7-5-6-8-18(17)12-19)29(41)36-14-20-22(31(20,3)4)25(36)28(40)33-13-21(37)27(32)39/h5-8,15-16,19-20,22-25H,9-14H2,1-4H3,(H2,32,39)(H,33,40)(H2,34,35,42)/t20-,22-,23-,24-,25-/m0/s1. The van der Waals surface area contributed by atoms with E-state index < -0.39 is 48.3 Å². The van der Waals surface area contributed by atoms with Crippen LogP contribution in [0.4, 0.5) is 4.79 Å². The minimum atomic E-state index is -1.14. The highest BCUT2D eigenvalue weighted by atomic mass is 16.2. The van der Waals surface area contributed by atoms with Gasteiger partial charge in [-0.15, -0.1) is 0 Å². The van der Waals surface area contributed by atoms with Gasteiger partial charge >= 0.3 is 6.03 Å². The van der Waals surface area contributed by atoms with Crippen LogP contribution in [0, 0.1) is 35.0 Å². The molecule has 11 nitrogen and oxygen atoms in total. The van der Waals surface area contributed by atoms with E-state index in [1.165, 1.54) is 4.90 Å². The number of piperidine rings is 1. The van der Waals surface area contributed by atoms with Crippen molar-refractivity contribution in [3.05, 3.63) is 35.4 Å². The van der Waals surface area contributed by atoms with Crippen molar-refractivity contribution < 1.29 is 28.8 Å². The van der Waals surface area contributed by atoms with Gasteiger partial charge in [0, 0.05) is 12.5 Å². The molecule has 0 bridgehead atoms. The maximum Gasteiger partial charge on any atom is 0.316 e. The molecule has 226 valence electrons. The van der Waals surface area contributed by atoms with Crippen molar-refractivity contribution in [2.75, 3.05) is 13.1 Å². The van der Waals surface area contributed by atoms with Crippen molar-refractivity contribution in [3.8, 4) is 0 Å². The Morgan fingerprint density at radius 1 is 1.00 bits per heavy atom. The van der Waals surface area contributed by atoms with Crippen LogP contribution in [0.25, 0.3) is 0 Å². The number of urea groups is 1. The predicted octanol–water partition coefficient (Wildman–Crippen LogP) is 0.727. The van der Waals surface area contributed by atoms with E-state index in [1.807, 2.05) is 52.0 Å². The monoisotopic (exact) mass is 579 g/mol. The van der Waals surface area contributed by atoms with Gasteiger partial charge in [-0.1, -0.05) is 52.0 Å². The molecule has 1 heterocycles. The van der Waals surface area contributed by atoms with Gasteiger partial charge in [0.1, 0.15) is 12.1 Å². The number of primary amides is 1. The lowest BCUT2D eigenvalue weighted by Gasteiger charge is -2.35. The van der Waals surface area contributed by atoms with E-state index in [2.05, 4.69) is 16.0 Å². The normalized spacial score (nSPS) is 25.2. The fraction of sp³-hybridized carbons (Fsp3) is 0.613. The van der Waals surface area contributed by atoms with Crippen LogP contribution in [0.5, 0.6) is 0 Å². The third-order valence-electron chi connectivity index (χ3n) is 9.80. The smallest absolute Gasteiger partial charge is 0.316 e. The molecule has 3 aliphatic carbocycles. The number of likely N-dealkylation sites (tertiary alicyclic amines) is 1. The number of hydrogen-bond acceptors (Lipinski definition) is 6. The Hall–Kier alpha value is -3.76. The van der Waals surface area contributed by atoms with Crippen LogP contribution in [0.1, 0.15) is 51.7 Å². The lowest BCUT2D eigenvalue weighted by Crippen LogP contribution is -2.60. The number of amides is 5. The first-order valence-corrected chi connectivity index (χ1v) is 14.9. The summed E-state index contributed by atoms with van der Waals surface area (Å²) in [4.78, 5) is 78.5. The summed E-state index contributed by atoms with van der Waals surface area (Å²) < 4.78 is 0. The van der Waals surface area contributed by atoms with Crippen LogP contribution in [0.2, 0.25) is 0 Å². The number of fused-ring (bicyclic) bond motifs is 2. The topological polar surface area (TPSA) is 168 Å². The molecule has 0 aromatic heterocycles. The third-order valence-corrected chi connectivity index (χ3v) is 9.80. The summed E-state index contributed by atoms with van der Waals surface area (Å²) in [7, 11) is 0. The molecule has 5 rings (SSSR count). The molecule has 5 amide bonds. The molecule has 11 heteroatoms. The molecule has 1 aromatic carbocycles. The average Bonchev–Trinajstić information content (AvgIpc) is 3.74. The molecule has 2 saturated carbocycles. The van der Waals surface area contributed by atoms with Gasteiger partial charge in [0.2, 0.25) is 17.6 Å². The molecule has 1 saturated heterocycles. The number of benzene rings is 1. The molecular formula is C31H41N5O6. The van der Waals surface area contributed by atoms with Gasteiger partial charge in [-0.25, -0.2) is 4.79 Å². The minimum absolute atomic E-state index is 0.0143. The van der Waals surface area contributed by atoms with Crippen LogP contribution in [0.15, 0.2) is 24.3 Å². The van der Waals surface area contributed by atoms with E-state index in [-0.39, 0.29) is 46.7 Å². The number of carbonyl (C=O) groups is 6. The summed E-state index contributed by atoms with van der Waals surface area (Å²) in [6.45, 7) is 7.64. The van der Waals surface area contributed by atoms with Gasteiger partial charge in [-0.05, 0) is 65.9 Å². The molecule has 0 unspecified atom stereocenters. The minimum Gasteiger partial charge on any atom is -0.363 e. The molecule has 4 aliphatic rings. The first-order chi connectivity index (χ1) is 19.8. The largest absolute Gasteiger partial charge is 0.363 e. The first kappa shape index (κ1) is 29.7. The molecular weight excluding hydrogens is 538 g/mol. The Morgan fingerprint density at radius 2 is 1.62 bits per heavy atom. The zero-order chi connectivity index (χ0) is 30.5. The molecule has 0 spiro atoms. The Bertz CT molecular complexity index is 1300. The van der Waals surface area contributed by atoms with Gasteiger partial charge in [0.25, 0.3) is 5.91 Å². The zero-order valence-corrected chi connectivity index (χ0v) is 24.6. The van der Waals surface area contributed by atoms with E-state index in [4.69, 9.17) is 5.73 Å². The van der Waals surface area contributed by atoms with E-state index >= 15 is 0 Å². The Labute approximate surface area is 245 Å². The summed E-state index contributed by atoms with van der Waals surface area (Å²) in [5, 5.41) is 8.24. The number of rotatable bonds is 11. The number of nitrogens with zero attached hydrogens (tertiary/aromatic N) is 1. The summed E-state index contributed by atoms with van der Waals surface area (Å²) in [5.41, 5.74) is 7.08. The molecule has 5 N–H and O–H groups in total. The Kier molecular flexibility index (Phi) is 7.89. The van der Waals surface area contributed by atoms with Gasteiger partial charge < -0.3 is 26.6 Å². The molecule has 42 heavy (non-hydrogen) atoms. The van der Waals surface area contributed by atoms with Crippen LogP contribution in [0.3, 0.4) is 0 Å². The highest BCUT2D eigenvalue weighted by molar-refractivity contribution is 6.36. The van der Waals surface area contributed by atoms with E-state index in [9.17, 15) is 28.8 Å². The Morgan fingerprint density at radius 3 is 2.17 bits per heavy atom. The van der Waals surface area contributed by atoms with E-state index in [0.29, 0.717) is 19.4 Å². The lowest BCUT2D eigenvalue weighted by molar-refractivity contribution is -0.143. The molecule has 3 fully saturated rings. The number of ketones is 2. The van der Waals surface area contributed by atoms with E-state index in [0.717, 1.165) is 24.0 Å². The summed E-state index contributed by atoms with van der Waals surface area (Å²) >= 11 is 0. The average molecular weight is 580 g/mol. The highest BCUT2D eigenvalue weighted by Crippen LogP contribution is 2.65. The van der Waals surface area contributed by atoms with Crippen molar-refractivity contribution in [3.63, 3.8) is 0 Å². The number of Topliss-reactive ketones (excluding diaryl/α,β-unsaturated/α-hetero) is 2. The van der Waals surface area contributed by atoms with Crippen LogP contribution >= 0.6 is 0 Å². The quantitative estimate of drug-likeness (QED) is 0.282. The molecule has 5 atom stereocenters. The fourth-order valence-corrected chi connectivity index (χ4v) is 7.07. The zero-order valence-electron chi connectivity index (χ0n) is 24.6. The van der Waals surface area contributed by atoms with Gasteiger partial charge in [0.05, 0.1) is 12.6 Å². The maximum atomic E-state index is 14.3. The lowest BCUT2D eigenvalue weighted by atomic mass is 9.93. The van der Waals surface area contributed by atoms with Crippen molar-refractivity contribution in [1.82, 2.24) is 20.9 Å². The van der Waals surface area contributed by atoms with Crippen molar-refractivity contribution >= 4 is 35.3 Å². The summed E-state index contributed by atoms with van der Waals surface area (Å²) in [6, 6.07) is 4.88. The first-order valence-electron chi connectivity index (χ1n) is 14.9. The van der Waals surface area contributed by atoms with Crippen molar-refractivity contribution in [1.29, 1.82) is 0 Å². The number of nitrogens with two attached hydrogens (primary N) is 1. The SMILES string of the molecule is CC(C)[C@H](NC(=O)N[C@H](C(=O)N1C[C@H]2[C@@H]([C@H]1C(=O)NCC(=O)C(N)=O)C2(C)C)C1Cc2ccccc2C1)C(=O)C1CC1. The van der Waals surface area contributed by atoms with E-state index in [1.54, 1.807) is 0 Å². The van der Waals surface area contributed by atoms with Crippen molar-refractivity contribution in [2.24, 2.45) is 40.7 Å². The Balaban J connectivity index is 1.37. The fourth-order valence-electron chi connectivity index (χ4n) is 7.07. The second-order valence-corrected chi connectivity index (χ2v) is 13.3. The summed E-state index contributed by atoms with van der Waals surface area (Å²) in [6.07, 6.45) is 2.82. The number of carbonyl (C=O) groups excluding carboxylic acids is 6. The van der Waals surface area contributed by atoms with Gasteiger partial charge in [-0.3, -0.25) is 24.0 Å². The molecule has 1 aromatic rings. The predicted molar refractivity (Wildman–Crippen MR) is 153 cm³/mol. The van der Waals surface area contributed by atoms with Crippen LogP contribution < -0.4 is 21.7 Å². The number of hydrogen-bond donors (Lipinski definition) is 4. The molecule has 0 radical (unpaired) electrons. The van der Waals surface area contributed by atoms with Crippen LogP contribution in [-0.4, -0.2) is 71.4 Å². The summed E-state index contributed by atoms with van der Waals surface area (Å²) in [5.74, 6) is -3.38. The third kappa shape index (κ3) is 5.65. The highest BCUT2D eigenvalue weighted by Gasteiger charge is 2.69. The van der Waals surface area contributed by atoms with Crippen LogP contribution in [-0.2, 0) is 36.8 Å². The van der Waals surface area contributed by atoms with Gasteiger partial charge in [0.15, 0.2) is 5.78 Å². The maximum absolute atomic E-state index is 14.3. The molecule has 1 aliphatic heterocycles. The second-order valence-electron chi connectivity index (χ2n) is 13.3. The number of nitrogens with one attached hydrogen (secondary N) is 3. The second kappa shape index (κ2) is 11.1. The van der Waals surface area contributed by atoms with Crippen molar-refractivity contribution in [2.45, 2.75) is 71.5 Å².